The molecule has 9 heteroatoms. The summed E-state index contributed by atoms with van der Waals surface area (Å²) in [7, 11) is 3.13. The molecule has 1 aromatic rings. The average Bonchev–Trinajstić information content (AvgIpc) is 3.19. The van der Waals surface area contributed by atoms with Crippen molar-refractivity contribution >= 4 is 31.3 Å². The van der Waals surface area contributed by atoms with Crippen LogP contribution in [-0.2, 0) is 13.8 Å². The molecule has 1 saturated carbocycles. The van der Waals surface area contributed by atoms with Crippen LogP contribution in [0.25, 0.3) is 0 Å². The van der Waals surface area contributed by atoms with Gasteiger partial charge < -0.3 is 19.4 Å². The second-order valence-electron chi connectivity index (χ2n) is 8.13. The lowest BCUT2D eigenvalue weighted by Gasteiger charge is -2.45. The van der Waals surface area contributed by atoms with Crippen molar-refractivity contribution in [3.63, 3.8) is 0 Å². The van der Waals surface area contributed by atoms with Crippen LogP contribution in [0.1, 0.15) is 39.0 Å². The van der Waals surface area contributed by atoms with E-state index in [1.165, 1.54) is 38.5 Å². The summed E-state index contributed by atoms with van der Waals surface area (Å²) in [6.45, 7) is 4.08. The quantitative estimate of drug-likeness (QED) is 0.637. The molecule has 1 aromatic carbocycles. The number of benzene rings is 1. The third kappa shape index (κ3) is 3.87. The second-order valence-corrected chi connectivity index (χ2v) is 10.7. The van der Waals surface area contributed by atoms with Crippen molar-refractivity contribution in [3.8, 4) is 5.75 Å². The Hall–Kier alpha value is -1.93. The van der Waals surface area contributed by atoms with Gasteiger partial charge in [-0.25, -0.2) is 8.42 Å². The van der Waals surface area contributed by atoms with Crippen LogP contribution >= 0.6 is 10.7 Å². The predicted molar refractivity (Wildman–Crippen MR) is 116 cm³/mol. The van der Waals surface area contributed by atoms with Crippen LogP contribution in [0.4, 0.5) is 5.69 Å². The number of fused-ring (bicyclic) bond motifs is 1. The molecule has 3 aliphatic rings. The summed E-state index contributed by atoms with van der Waals surface area (Å²) in [5.41, 5.74) is 1.74. The fourth-order valence-electron chi connectivity index (χ4n) is 4.82. The van der Waals surface area contributed by atoms with Gasteiger partial charge in [0.2, 0.25) is 5.91 Å². The first-order valence-corrected chi connectivity index (χ1v) is 12.8. The normalized spacial score (nSPS) is 22.9. The highest BCUT2D eigenvalue weighted by Crippen LogP contribution is 2.40. The first-order chi connectivity index (χ1) is 14.3. The number of rotatable bonds is 5. The fraction of sp³-hybridized carbons (Fsp3) is 0.571. The summed E-state index contributed by atoms with van der Waals surface area (Å²) in [6.07, 6.45) is 7.80. The van der Waals surface area contributed by atoms with Crippen molar-refractivity contribution in [3.05, 3.63) is 30.1 Å². The molecule has 0 radical (unpaired) electrons. The van der Waals surface area contributed by atoms with Crippen molar-refractivity contribution < 1.29 is 17.9 Å². The molecule has 0 spiro atoms. The first kappa shape index (κ1) is 21.3. The van der Waals surface area contributed by atoms with Crippen molar-refractivity contribution in [1.82, 2.24) is 9.80 Å². The smallest absolute Gasteiger partial charge is 0.261 e. The van der Waals surface area contributed by atoms with Crippen LogP contribution in [0.5, 0.6) is 5.75 Å². The maximum Gasteiger partial charge on any atom is 0.261 e. The monoisotopic (exact) mass is 453 g/mol. The zero-order valence-electron chi connectivity index (χ0n) is 17.4. The highest BCUT2D eigenvalue weighted by molar-refractivity contribution is 8.13. The number of ether oxygens (including phenoxy) is 1. The summed E-state index contributed by atoms with van der Waals surface area (Å²) in [4.78, 5) is 19.7. The van der Waals surface area contributed by atoms with E-state index in [-0.39, 0.29) is 16.7 Å². The zero-order chi connectivity index (χ0) is 21.5. The van der Waals surface area contributed by atoms with Gasteiger partial charge >= 0.3 is 0 Å². The summed E-state index contributed by atoms with van der Waals surface area (Å²) in [5.74, 6) is 0.382. The molecular formula is C21H28ClN3O4S. The van der Waals surface area contributed by atoms with Crippen LogP contribution in [-0.4, -0.2) is 57.0 Å². The molecule has 7 nitrogen and oxygen atoms in total. The minimum Gasteiger partial charge on any atom is -0.495 e. The number of methoxy groups -OCH3 is 1. The molecule has 0 N–H and O–H groups in total. The third-order valence-electron chi connectivity index (χ3n) is 6.43. The van der Waals surface area contributed by atoms with E-state index >= 15 is 0 Å². The van der Waals surface area contributed by atoms with Crippen LogP contribution in [0.15, 0.2) is 35.0 Å². The van der Waals surface area contributed by atoms with Gasteiger partial charge in [-0.1, -0.05) is 19.3 Å². The van der Waals surface area contributed by atoms with Crippen LogP contribution in [0, 0.1) is 5.92 Å². The van der Waals surface area contributed by atoms with E-state index in [9.17, 15) is 13.2 Å². The Morgan fingerprint density at radius 1 is 1.20 bits per heavy atom. The molecule has 2 fully saturated rings. The average molecular weight is 454 g/mol. The molecule has 1 amide bonds. The number of carbonyl (C=O) groups is 1. The number of hydrogen-bond donors (Lipinski definition) is 0. The molecule has 164 valence electrons. The standard InChI is InChI=1S/C21H28ClN3O4S/c1-3-23-14-25(15-7-5-4-6-8-15)21(26)17-12-24(13-19(17)23)18-10-9-16(30(22,27)28)11-20(18)29-2/h9-11,13,15,17H,3-8,12,14H2,1-2H3. The maximum atomic E-state index is 13.4. The first-order valence-electron chi connectivity index (χ1n) is 10.5. The highest BCUT2D eigenvalue weighted by Gasteiger charge is 2.43. The molecule has 1 unspecified atom stereocenters. The summed E-state index contributed by atoms with van der Waals surface area (Å²) < 4.78 is 28.8. The molecule has 2 aliphatic heterocycles. The Kier molecular flexibility index (Phi) is 5.90. The van der Waals surface area contributed by atoms with Crippen LogP contribution in [0.3, 0.4) is 0 Å². The van der Waals surface area contributed by atoms with Crippen molar-refractivity contribution in [2.24, 2.45) is 5.92 Å². The lowest BCUT2D eigenvalue weighted by Crippen LogP contribution is -2.55. The van der Waals surface area contributed by atoms with Gasteiger partial charge in [0.1, 0.15) is 5.75 Å². The number of hydrogen-bond acceptors (Lipinski definition) is 6. The number of halogens is 1. The number of amides is 1. The fourth-order valence-corrected chi connectivity index (χ4v) is 5.59. The van der Waals surface area contributed by atoms with E-state index < -0.39 is 9.05 Å². The summed E-state index contributed by atoms with van der Waals surface area (Å²) in [5, 5.41) is 0. The maximum absolute atomic E-state index is 13.4. The van der Waals surface area contributed by atoms with Crippen molar-refractivity contribution in [2.45, 2.75) is 50.0 Å². The van der Waals surface area contributed by atoms with Gasteiger partial charge in [0, 0.05) is 47.8 Å². The molecule has 1 atom stereocenters. The summed E-state index contributed by atoms with van der Waals surface area (Å²) in [6, 6.07) is 4.90. The van der Waals surface area contributed by atoms with E-state index in [2.05, 4.69) is 16.7 Å². The van der Waals surface area contributed by atoms with Crippen LogP contribution in [0.2, 0.25) is 0 Å². The van der Waals surface area contributed by atoms with Gasteiger partial charge in [-0.2, -0.15) is 0 Å². The minimum absolute atomic E-state index is 0.0104. The Morgan fingerprint density at radius 2 is 1.93 bits per heavy atom. The van der Waals surface area contributed by atoms with E-state index in [1.54, 1.807) is 6.07 Å². The van der Waals surface area contributed by atoms with Gasteiger partial charge in [-0.05, 0) is 31.9 Å². The van der Waals surface area contributed by atoms with E-state index in [4.69, 9.17) is 15.4 Å². The molecule has 0 bridgehead atoms. The Morgan fingerprint density at radius 3 is 2.57 bits per heavy atom. The SMILES string of the molecule is CCN1CN(C2CCCCC2)C(=O)C2CN(c3ccc(S(=O)(=O)Cl)cc3OC)C=C21. The van der Waals surface area contributed by atoms with E-state index in [0.717, 1.165) is 30.8 Å². The Labute approximate surface area is 182 Å². The molecule has 4 rings (SSSR count). The minimum atomic E-state index is -3.85. The largest absolute Gasteiger partial charge is 0.495 e. The molecule has 1 aliphatic carbocycles. The molecular weight excluding hydrogens is 426 g/mol. The molecule has 0 aromatic heterocycles. The van der Waals surface area contributed by atoms with Crippen LogP contribution < -0.4 is 9.64 Å². The van der Waals surface area contributed by atoms with Gasteiger partial charge in [0.25, 0.3) is 9.05 Å². The van der Waals surface area contributed by atoms with Crippen molar-refractivity contribution in [1.29, 1.82) is 0 Å². The number of carbonyl (C=O) groups excluding carboxylic acids is 1. The molecule has 1 saturated heterocycles. The predicted octanol–water partition coefficient (Wildman–Crippen LogP) is 3.35. The van der Waals surface area contributed by atoms with Gasteiger partial charge in [-0.3, -0.25) is 4.79 Å². The number of anilines is 1. The highest BCUT2D eigenvalue weighted by atomic mass is 35.7. The second kappa shape index (κ2) is 8.30. The topological polar surface area (TPSA) is 70.2 Å². The summed E-state index contributed by atoms with van der Waals surface area (Å²) >= 11 is 0. The third-order valence-corrected chi connectivity index (χ3v) is 7.78. The molecule has 30 heavy (non-hydrogen) atoms. The van der Waals surface area contributed by atoms with Gasteiger partial charge in [0.15, 0.2) is 0 Å². The Bertz CT molecular complexity index is 959. The van der Waals surface area contributed by atoms with Gasteiger partial charge in [0.05, 0.1) is 30.3 Å². The van der Waals surface area contributed by atoms with E-state index in [0.29, 0.717) is 25.0 Å². The lowest BCUT2D eigenvalue weighted by atomic mass is 9.92. The van der Waals surface area contributed by atoms with E-state index in [1.807, 2.05) is 11.1 Å². The lowest BCUT2D eigenvalue weighted by molar-refractivity contribution is -0.143. The van der Waals surface area contributed by atoms with Gasteiger partial charge in [-0.15, -0.1) is 0 Å². The Balaban J connectivity index is 1.63. The number of nitrogens with zero attached hydrogens (tertiary/aromatic N) is 3. The molecule has 2 heterocycles. The van der Waals surface area contributed by atoms with Crippen molar-refractivity contribution in [2.75, 3.05) is 31.8 Å². The zero-order valence-corrected chi connectivity index (χ0v) is 19.0.